The molecule has 4 aromatic rings. The van der Waals surface area contributed by atoms with Crippen LogP contribution in [-0.2, 0) is 23.0 Å². The van der Waals surface area contributed by atoms with Crippen LogP contribution in [-0.4, -0.2) is 37.1 Å². The van der Waals surface area contributed by atoms with Crippen molar-refractivity contribution in [3.63, 3.8) is 0 Å². The molecule has 9 nitrogen and oxygen atoms in total. The van der Waals surface area contributed by atoms with Crippen molar-refractivity contribution in [3.05, 3.63) is 59.4 Å². The lowest BCUT2D eigenvalue weighted by molar-refractivity contribution is 0.360. The van der Waals surface area contributed by atoms with Crippen LogP contribution < -0.4 is 14.2 Å². The Kier molecular flexibility index (Phi) is 4.58. The van der Waals surface area contributed by atoms with Gasteiger partial charge in [0.15, 0.2) is 11.4 Å². The van der Waals surface area contributed by atoms with E-state index in [0.717, 1.165) is 11.1 Å². The second-order valence-corrected chi connectivity index (χ2v) is 8.88. The summed E-state index contributed by atoms with van der Waals surface area (Å²) in [7, 11) is -2.55. The fourth-order valence-electron chi connectivity index (χ4n) is 3.94. The van der Waals surface area contributed by atoms with Gasteiger partial charge in [-0.3, -0.25) is 9.40 Å². The van der Waals surface area contributed by atoms with Gasteiger partial charge in [0.05, 0.1) is 20.3 Å². The number of nitrogens with one attached hydrogen (secondary N) is 1. The van der Waals surface area contributed by atoms with E-state index in [2.05, 4.69) is 15.0 Å². The highest BCUT2D eigenvalue weighted by molar-refractivity contribution is 7.92. The minimum absolute atomic E-state index is 0.0570. The van der Waals surface area contributed by atoms with Crippen LogP contribution in [0.4, 0.5) is 5.82 Å². The summed E-state index contributed by atoms with van der Waals surface area (Å²) < 4.78 is 47.4. The first-order valence-corrected chi connectivity index (χ1v) is 11.2. The SMILES string of the molecule is COc1cccc(C)c1S(=O)(=O)Nc1noc2cc(Cn3cccn3)c3c(c12)OCC3. The van der Waals surface area contributed by atoms with Crippen molar-refractivity contribution in [1.29, 1.82) is 0 Å². The van der Waals surface area contributed by atoms with E-state index in [1.165, 1.54) is 7.11 Å². The molecule has 10 heteroatoms. The fraction of sp³-hybridized carbons (Fsp3) is 0.238. The number of nitrogens with zero attached hydrogens (tertiary/aromatic N) is 3. The van der Waals surface area contributed by atoms with Crippen LogP contribution >= 0.6 is 0 Å². The van der Waals surface area contributed by atoms with E-state index in [0.29, 0.717) is 41.9 Å². The number of hydrogen-bond donors (Lipinski definition) is 1. The Bertz CT molecular complexity index is 1380. The predicted molar refractivity (Wildman–Crippen MR) is 113 cm³/mol. The van der Waals surface area contributed by atoms with Gasteiger partial charge < -0.3 is 14.0 Å². The molecule has 1 aliphatic heterocycles. The zero-order valence-electron chi connectivity index (χ0n) is 17.0. The molecule has 0 unspecified atom stereocenters. The molecule has 1 aliphatic rings. The third-order valence-corrected chi connectivity index (χ3v) is 6.82. The summed E-state index contributed by atoms with van der Waals surface area (Å²) in [5.74, 6) is 0.933. The van der Waals surface area contributed by atoms with E-state index < -0.39 is 10.0 Å². The van der Waals surface area contributed by atoms with Gasteiger partial charge in [-0.15, -0.1) is 0 Å². The lowest BCUT2D eigenvalue weighted by Gasteiger charge is -2.13. The van der Waals surface area contributed by atoms with Crippen molar-refractivity contribution in [2.45, 2.75) is 24.8 Å². The maximum absolute atomic E-state index is 13.2. The Morgan fingerprint density at radius 3 is 2.94 bits per heavy atom. The normalized spacial score (nSPS) is 13.2. The van der Waals surface area contributed by atoms with Crippen LogP contribution in [0.15, 0.2) is 52.1 Å². The van der Waals surface area contributed by atoms with Crippen LogP contribution in [0.1, 0.15) is 16.7 Å². The smallest absolute Gasteiger partial charge is 0.267 e. The highest BCUT2D eigenvalue weighted by atomic mass is 32.2. The summed E-state index contributed by atoms with van der Waals surface area (Å²) in [6, 6.07) is 8.77. The van der Waals surface area contributed by atoms with Crippen LogP contribution in [0.5, 0.6) is 11.5 Å². The first-order valence-electron chi connectivity index (χ1n) is 9.68. The van der Waals surface area contributed by atoms with Crippen LogP contribution in [0, 0.1) is 6.92 Å². The van der Waals surface area contributed by atoms with Gasteiger partial charge in [-0.25, -0.2) is 8.42 Å². The summed E-state index contributed by atoms with van der Waals surface area (Å²) in [5, 5.41) is 8.76. The molecule has 2 aromatic heterocycles. The minimum Gasteiger partial charge on any atom is -0.495 e. The molecule has 31 heavy (non-hydrogen) atoms. The van der Waals surface area contributed by atoms with Gasteiger partial charge in [0, 0.05) is 24.4 Å². The van der Waals surface area contributed by atoms with E-state index in [9.17, 15) is 8.42 Å². The zero-order valence-corrected chi connectivity index (χ0v) is 17.8. The third kappa shape index (κ3) is 3.28. The molecule has 0 saturated heterocycles. The summed E-state index contributed by atoms with van der Waals surface area (Å²) >= 11 is 0. The highest BCUT2D eigenvalue weighted by Gasteiger charge is 2.29. The van der Waals surface area contributed by atoms with Crippen LogP contribution in [0.25, 0.3) is 11.0 Å². The Morgan fingerprint density at radius 2 is 2.16 bits per heavy atom. The van der Waals surface area contributed by atoms with Gasteiger partial charge in [0.1, 0.15) is 21.8 Å². The second-order valence-electron chi connectivity index (χ2n) is 7.26. The third-order valence-electron chi connectivity index (χ3n) is 5.30. The van der Waals surface area contributed by atoms with E-state index in [-0.39, 0.29) is 16.5 Å². The van der Waals surface area contributed by atoms with Gasteiger partial charge in [0.25, 0.3) is 10.0 Å². The number of fused-ring (bicyclic) bond motifs is 3. The monoisotopic (exact) mass is 440 g/mol. The fourth-order valence-corrected chi connectivity index (χ4v) is 5.34. The van der Waals surface area contributed by atoms with E-state index in [1.807, 2.05) is 23.0 Å². The molecule has 0 radical (unpaired) electrons. The average molecular weight is 440 g/mol. The number of rotatable bonds is 6. The second kappa shape index (κ2) is 7.31. The van der Waals surface area contributed by atoms with Crippen LogP contribution in [0.3, 0.4) is 0 Å². The minimum atomic E-state index is -3.98. The maximum Gasteiger partial charge on any atom is 0.267 e. The molecule has 0 aliphatic carbocycles. The standard InChI is InChI=1S/C21H20N4O5S/c1-13-5-3-6-16(28-2)20(13)31(26,27)24-21-18-17(30-23-21)11-14(12-25-9-4-8-22-25)15-7-10-29-19(15)18/h3-6,8-9,11H,7,10,12H2,1-2H3,(H,23,24). The molecule has 0 spiro atoms. The average Bonchev–Trinajstić information content (AvgIpc) is 3.48. The molecule has 0 bridgehead atoms. The van der Waals surface area contributed by atoms with E-state index in [4.69, 9.17) is 14.0 Å². The molecule has 0 fully saturated rings. The maximum atomic E-state index is 13.2. The Balaban J connectivity index is 1.59. The summed E-state index contributed by atoms with van der Waals surface area (Å²) in [6.45, 7) is 2.76. The number of ether oxygens (including phenoxy) is 2. The predicted octanol–water partition coefficient (Wildman–Crippen LogP) is 3.13. The van der Waals surface area contributed by atoms with Crippen LogP contribution in [0.2, 0.25) is 0 Å². The molecular weight excluding hydrogens is 420 g/mol. The Morgan fingerprint density at radius 1 is 1.29 bits per heavy atom. The van der Waals surface area contributed by atoms with Crippen molar-refractivity contribution in [3.8, 4) is 11.5 Å². The van der Waals surface area contributed by atoms with Gasteiger partial charge >= 0.3 is 0 Å². The van der Waals surface area contributed by atoms with Gasteiger partial charge in [-0.05, 0) is 36.2 Å². The lowest BCUT2D eigenvalue weighted by Crippen LogP contribution is -2.16. The molecule has 1 N–H and O–H groups in total. The number of methoxy groups -OCH3 is 1. The first-order chi connectivity index (χ1) is 15.0. The molecule has 3 heterocycles. The first kappa shape index (κ1) is 19.4. The molecule has 0 atom stereocenters. The molecular formula is C21H20N4O5S. The number of anilines is 1. The number of benzene rings is 2. The van der Waals surface area contributed by atoms with Crippen molar-refractivity contribution in [2.75, 3.05) is 18.4 Å². The molecule has 2 aromatic carbocycles. The van der Waals surface area contributed by atoms with Crippen molar-refractivity contribution >= 4 is 26.8 Å². The molecule has 0 saturated carbocycles. The summed E-state index contributed by atoms with van der Waals surface area (Å²) in [5.41, 5.74) is 3.00. The van der Waals surface area contributed by atoms with E-state index in [1.54, 1.807) is 31.3 Å². The topological polar surface area (TPSA) is 108 Å². The summed E-state index contributed by atoms with van der Waals surface area (Å²) in [4.78, 5) is 0.0570. The quantitative estimate of drug-likeness (QED) is 0.491. The van der Waals surface area contributed by atoms with E-state index >= 15 is 0 Å². The van der Waals surface area contributed by atoms with Gasteiger partial charge in [-0.2, -0.15) is 5.10 Å². The molecule has 160 valence electrons. The lowest BCUT2D eigenvalue weighted by atomic mass is 10.0. The Labute approximate surface area is 178 Å². The number of hydrogen-bond acceptors (Lipinski definition) is 7. The molecule has 0 amide bonds. The van der Waals surface area contributed by atoms with Gasteiger partial charge in [0.2, 0.25) is 0 Å². The van der Waals surface area contributed by atoms with Crippen molar-refractivity contribution in [2.24, 2.45) is 0 Å². The number of aryl methyl sites for hydroxylation is 1. The van der Waals surface area contributed by atoms with Crippen molar-refractivity contribution < 1.29 is 22.4 Å². The van der Waals surface area contributed by atoms with Gasteiger partial charge in [-0.1, -0.05) is 17.3 Å². The zero-order chi connectivity index (χ0) is 21.6. The number of sulfonamides is 1. The van der Waals surface area contributed by atoms with Crippen molar-refractivity contribution in [1.82, 2.24) is 14.9 Å². The highest BCUT2D eigenvalue weighted by Crippen LogP contribution is 2.42. The Hall–Kier alpha value is -3.53. The molecule has 5 rings (SSSR count). The summed E-state index contributed by atoms with van der Waals surface area (Å²) in [6.07, 6.45) is 4.31. The largest absolute Gasteiger partial charge is 0.495 e. The number of aromatic nitrogens is 3.